The monoisotopic (exact) mass is 338 g/mol. The van der Waals surface area contributed by atoms with E-state index in [0.29, 0.717) is 12.1 Å². The second kappa shape index (κ2) is 6.70. The highest BCUT2D eigenvalue weighted by Crippen LogP contribution is 2.19. The van der Waals surface area contributed by atoms with Gasteiger partial charge in [-0.25, -0.2) is 8.42 Å². The van der Waals surface area contributed by atoms with Crippen molar-refractivity contribution in [3.05, 3.63) is 29.8 Å². The van der Waals surface area contributed by atoms with Crippen LogP contribution in [0.5, 0.6) is 0 Å². The lowest BCUT2D eigenvalue weighted by Crippen LogP contribution is -2.45. The summed E-state index contributed by atoms with van der Waals surface area (Å²) >= 11 is 0. The van der Waals surface area contributed by atoms with Gasteiger partial charge in [-0.05, 0) is 25.5 Å². The molecule has 1 aromatic rings. The van der Waals surface area contributed by atoms with Gasteiger partial charge in [-0.3, -0.25) is 9.59 Å². The van der Waals surface area contributed by atoms with Crippen molar-refractivity contribution in [2.75, 3.05) is 30.0 Å². The molecule has 1 saturated heterocycles. The summed E-state index contributed by atoms with van der Waals surface area (Å²) in [6, 6.07) is 7.04. The minimum Gasteiger partial charge on any atom is -0.340 e. The Morgan fingerprint density at radius 1 is 1.22 bits per heavy atom. The molecule has 1 atom stereocenters. The highest BCUT2D eigenvalue weighted by molar-refractivity contribution is 7.91. The summed E-state index contributed by atoms with van der Waals surface area (Å²) in [6.45, 7) is 3.26. The Labute approximate surface area is 137 Å². The molecule has 1 aromatic carbocycles. The molecule has 0 N–H and O–H groups in total. The van der Waals surface area contributed by atoms with Crippen LogP contribution >= 0.6 is 0 Å². The van der Waals surface area contributed by atoms with Crippen LogP contribution in [0.15, 0.2) is 24.3 Å². The van der Waals surface area contributed by atoms with Gasteiger partial charge in [0.2, 0.25) is 11.8 Å². The zero-order valence-electron chi connectivity index (χ0n) is 13.7. The van der Waals surface area contributed by atoms with Gasteiger partial charge in [0.1, 0.15) is 6.54 Å². The first kappa shape index (κ1) is 17.5. The van der Waals surface area contributed by atoms with Crippen molar-refractivity contribution in [2.24, 2.45) is 0 Å². The van der Waals surface area contributed by atoms with E-state index < -0.39 is 9.84 Å². The number of anilines is 1. The third-order valence-corrected chi connectivity index (χ3v) is 5.92. The van der Waals surface area contributed by atoms with Gasteiger partial charge in [-0.2, -0.15) is 0 Å². The number of likely N-dealkylation sites (N-methyl/N-ethyl adjacent to an activating group) is 1. The molecule has 0 spiro atoms. The molecule has 6 nitrogen and oxygen atoms in total. The van der Waals surface area contributed by atoms with E-state index in [1.165, 1.54) is 16.7 Å². The number of aryl methyl sites for hydroxylation is 1. The van der Waals surface area contributed by atoms with Gasteiger partial charge in [0.25, 0.3) is 0 Å². The molecule has 0 aromatic heterocycles. The van der Waals surface area contributed by atoms with E-state index in [-0.39, 0.29) is 35.9 Å². The maximum Gasteiger partial charge on any atom is 0.242 e. The Kier molecular flexibility index (Phi) is 5.09. The van der Waals surface area contributed by atoms with Gasteiger partial charge in [-0.15, -0.1) is 0 Å². The maximum atomic E-state index is 12.4. The molecule has 0 bridgehead atoms. The highest BCUT2D eigenvalue weighted by atomic mass is 32.2. The third-order valence-electron chi connectivity index (χ3n) is 4.17. The van der Waals surface area contributed by atoms with E-state index in [0.717, 1.165) is 5.56 Å². The Bertz CT molecular complexity index is 697. The second-order valence-electron chi connectivity index (χ2n) is 6.00. The number of hydrogen-bond acceptors (Lipinski definition) is 4. The summed E-state index contributed by atoms with van der Waals surface area (Å²) in [6.07, 6.45) is 0.454. The molecule has 1 unspecified atom stereocenters. The molecule has 1 aliphatic rings. The second-order valence-corrected chi connectivity index (χ2v) is 8.23. The Balaban J connectivity index is 2.09. The van der Waals surface area contributed by atoms with Crippen molar-refractivity contribution in [1.82, 2.24) is 4.90 Å². The zero-order chi connectivity index (χ0) is 17.2. The Morgan fingerprint density at radius 3 is 2.30 bits per heavy atom. The van der Waals surface area contributed by atoms with Crippen LogP contribution in [0.1, 0.15) is 18.9 Å². The van der Waals surface area contributed by atoms with Crippen molar-refractivity contribution in [3.8, 4) is 0 Å². The predicted molar refractivity (Wildman–Crippen MR) is 89.0 cm³/mol. The fraction of sp³-hybridized carbons (Fsp3) is 0.500. The van der Waals surface area contributed by atoms with Gasteiger partial charge in [-0.1, -0.05) is 17.7 Å². The maximum absolute atomic E-state index is 12.4. The summed E-state index contributed by atoms with van der Waals surface area (Å²) in [5.41, 5.74) is 1.72. The van der Waals surface area contributed by atoms with Gasteiger partial charge >= 0.3 is 0 Å². The average molecular weight is 338 g/mol. The average Bonchev–Trinajstić information content (AvgIpc) is 2.84. The van der Waals surface area contributed by atoms with Crippen molar-refractivity contribution in [2.45, 2.75) is 26.3 Å². The minimum atomic E-state index is -3.05. The lowest BCUT2D eigenvalue weighted by molar-refractivity contribution is -0.131. The molecule has 0 saturated carbocycles. The van der Waals surface area contributed by atoms with Crippen LogP contribution in [-0.4, -0.2) is 56.3 Å². The van der Waals surface area contributed by atoms with Crippen LogP contribution in [0.2, 0.25) is 0 Å². The van der Waals surface area contributed by atoms with E-state index in [9.17, 15) is 18.0 Å². The molecule has 2 rings (SSSR count). The molecule has 0 radical (unpaired) electrons. The lowest BCUT2D eigenvalue weighted by Gasteiger charge is -2.27. The summed E-state index contributed by atoms with van der Waals surface area (Å²) < 4.78 is 23.1. The standard InChI is InChI=1S/C16H22N2O4S/c1-12-4-6-14(7-5-12)18(13(2)19)10-16(20)17(3)15-8-9-23(21,22)11-15/h4-7,15H,8-11H2,1-3H3. The largest absolute Gasteiger partial charge is 0.340 e. The van der Waals surface area contributed by atoms with Crippen LogP contribution in [0, 0.1) is 6.92 Å². The smallest absolute Gasteiger partial charge is 0.242 e. The van der Waals surface area contributed by atoms with E-state index in [1.54, 1.807) is 19.2 Å². The number of rotatable bonds is 4. The van der Waals surface area contributed by atoms with Gasteiger partial charge in [0.15, 0.2) is 9.84 Å². The Hall–Kier alpha value is -1.89. The normalized spacial score (nSPS) is 19.3. The van der Waals surface area contributed by atoms with Crippen LogP contribution in [-0.2, 0) is 19.4 Å². The fourth-order valence-electron chi connectivity index (χ4n) is 2.64. The first-order chi connectivity index (χ1) is 10.7. The summed E-state index contributed by atoms with van der Waals surface area (Å²) in [4.78, 5) is 27.2. The Morgan fingerprint density at radius 2 is 1.83 bits per heavy atom. The molecule has 1 aliphatic heterocycles. The molecular weight excluding hydrogens is 316 g/mol. The number of benzene rings is 1. The summed E-state index contributed by atoms with van der Waals surface area (Å²) in [5, 5.41) is 0. The summed E-state index contributed by atoms with van der Waals surface area (Å²) in [5.74, 6) is -0.374. The van der Waals surface area contributed by atoms with E-state index in [4.69, 9.17) is 0 Å². The van der Waals surface area contributed by atoms with Crippen molar-refractivity contribution in [1.29, 1.82) is 0 Å². The lowest BCUT2D eigenvalue weighted by atomic mass is 10.2. The highest BCUT2D eigenvalue weighted by Gasteiger charge is 2.33. The van der Waals surface area contributed by atoms with Gasteiger partial charge in [0, 0.05) is 25.7 Å². The molecule has 7 heteroatoms. The van der Waals surface area contributed by atoms with E-state index in [2.05, 4.69) is 0 Å². The SMILES string of the molecule is CC(=O)N(CC(=O)N(C)C1CCS(=O)(=O)C1)c1ccc(C)cc1. The molecule has 1 heterocycles. The van der Waals surface area contributed by atoms with Crippen molar-refractivity contribution in [3.63, 3.8) is 0 Å². The number of carbonyl (C=O) groups is 2. The fourth-order valence-corrected chi connectivity index (χ4v) is 4.41. The van der Waals surface area contributed by atoms with Crippen LogP contribution < -0.4 is 4.90 Å². The zero-order valence-corrected chi connectivity index (χ0v) is 14.5. The quantitative estimate of drug-likeness (QED) is 0.821. The number of nitrogens with zero attached hydrogens (tertiary/aromatic N) is 2. The first-order valence-corrected chi connectivity index (χ1v) is 9.32. The molecule has 23 heavy (non-hydrogen) atoms. The van der Waals surface area contributed by atoms with Gasteiger partial charge < -0.3 is 9.80 Å². The van der Waals surface area contributed by atoms with Crippen LogP contribution in [0.25, 0.3) is 0 Å². The number of hydrogen-bond donors (Lipinski definition) is 0. The molecular formula is C16H22N2O4S. The van der Waals surface area contributed by atoms with Crippen LogP contribution in [0.3, 0.4) is 0 Å². The van der Waals surface area contributed by atoms with E-state index >= 15 is 0 Å². The number of amides is 2. The minimum absolute atomic E-state index is 0.000156. The van der Waals surface area contributed by atoms with Crippen LogP contribution in [0.4, 0.5) is 5.69 Å². The topological polar surface area (TPSA) is 74.8 Å². The first-order valence-electron chi connectivity index (χ1n) is 7.50. The third kappa shape index (κ3) is 4.31. The molecule has 0 aliphatic carbocycles. The molecule has 126 valence electrons. The van der Waals surface area contributed by atoms with Crippen molar-refractivity contribution < 1.29 is 18.0 Å². The number of carbonyl (C=O) groups excluding carboxylic acids is 2. The van der Waals surface area contributed by atoms with Gasteiger partial charge in [0.05, 0.1) is 11.5 Å². The van der Waals surface area contributed by atoms with E-state index in [1.807, 2.05) is 19.1 Å². The van der Waals surface area contributed by atoms with Crippen molar-refractivity contribution >= 4 is 27.3 Å². The molecule has 1 fully saturated rings. The predicted octanol–water partition coefficient (Wildman–Crippen LogP) is 0.993. The number of sulfone groups is 1. The molecule has 2 amide bonds. The summed E-state index contributed by atoms with van der Waals surface area (Å²) in [7, 11) is -1.45.